The molecule has 0 spiro atoms. The molecule has 0 saturated heterocycles. The summed E-state index contributed by atoms with van der Waals surface area (Å²) in [5.41, 5.74) is 4.65. The predicted molar refractivity (Wildman–Crippen MR) is 126 cm³/mol. The number of para-hydroxylation sites is 1. The second kappa shape index (κ2) is 10.3. The van der Waals surface area contributed by atoms with E-state index in [2.05, 4.69) is 44.2 Å². The SMILES string of the molecule is CCCN(CCC)c1cc(/C=N/Nc2c[nH]c3ccccc23)nc(OCC(C)(C)O)n1. The lowest BCUT2D eigenvalue weighted by Gasteiger charge is -2.23. The molecule has 8 nitrogen and oxygen atoms in total. The second-order valence-electron chi connectivity index (χ2n) is 8.14. The summed E-state index contributed by atoms with van der Waals surface area (Å²) in [5, 5.41) is 15.4. The standard InChI is InChI=1S/C23H32N6O2/c1-5-11-29(12-6-2)21-13-17(26-22(27-21)31-16-23(3,4)30)14-25-28-20-15-24-19-10-8-7-9-18(19)20/h7-10,13-15,24,28,30H,5-6,11-12,16H2,1-4H3/b25-14+. The summed E-state index contributed by atoms with van der Waals surface area (Å²) in [4.78, 5) is 14.4. The van der Waals surface area contributed by atoms with Crippen molar-refractivity contribution in [3.63, 3.8) is 0 Å². The van der Waals surface area contributed by atoms with Gasteiger partial charge in [-0.1, -0.05) is 32.0 Å². The van der Waals surface area contributed by atoms with E-state index in [0.29, 0.717) is 5.69 Å². The number of aliphatic hydroxyl groups is 1. The molecule has 8 heteroatoms. The Bertz CT molecular complexity index is 1000. The average molecular weight is 425 g/mol. The Morgan fingerprint density at radius 1 is 1.19 bits per heavy atom. The highest BCUT2D eigenvalue weighted by Gasteiger charge is 2.16. The Labute approximate surface area is 183 Å². The molecule has 3 aromatic rings. The number of aromatic nitrogens is 3. The normalized spacial score (nSPS) is 11.9. The topological polar surface area (TPSA) is 98.7 Å². The summed E-state index contributed by atoms with van der Waals surface area (Å²) >= 11 is 0. The molecule has 0 radical (unpaired) electrons. The van der Waals surface area contributed by atoms with Crippen LogP contribution in [0.3, 0.4) is 0 Å². The van der Waals surface area contributed by atoms with E-state index in [1.165, 1.54) is 0 Å². The molecular formula is C23H32N6O2. The molecule has 0 fully saturated rings. The third-order valence-corrected chi connectivity index (χ3v) is 4.55. The summed E-state index contributed by atoms with van der Waals surface area (Å²) < 4.78 is 5.68. The molecule has 0 unspecified atom stereocenters. The van der Waals surface area contributed by atoms with Crippen LogP contribution < -0.4 is 15.1 Å². The Balaban J connectivity index is 1.84. The Hall–Kier alpha value is -3.13. The quantitative estimate of drug-likeness (QED) is 0.315. The fourth-order valence-corrected chi connectivity index (χ4v) is 3.18. The third kappa shape index (κ3) is 6.42. The molecule has 0 aliphatic rings. The number of hydrogen-bond donors (Lipinski definition) is 3. The van der Waals surface area contributed by atoms with Gasteiger partial charge in [0.15, 0.2) is 0 Å². The zero-order valence-corrected chi connectivity index (χ0v) is 18.7. The number of anilines is 2. The summed E-state index contributed by atoms with van der Waals surface area (Å²) in [6, 6.07) is 10.2. The van der Waals surface area contributed by atoms with Crippen LogP contribution in [0.1, 0.15) is 46.2 Å². The molecule has 3 N–H and O–H groups in total. The van der Waals surface area contributed by atoms with Crippen LogP contribution in [-0.4, -0.2) is 51.6 Å². The van der Waals surface area contributed by atoms with Crippen LogP contribution in [-0.2, 0) is 0 Å². The van der Waals surface area contributed by atoms with E-state index < -0.39 is 5.60 Å². The number of nitrogens with one attached hydrogen (secondary N) is 2. The maximum absolute atomic E-state index is 10.00. The summed E-state index contributed by atoms with van der Waals surface area (Å²) in [6.45, 7) is 9.53. The fourth-order valence-electron chi connectivity index (χ4n) is 3.18. The van der Waals surface area contributed by atoms with E-state index in [-0.39, 0.29) is 12.6 Å². The minimum Gasteiger partial charge on any atom is -0.460 e. The smallest absolute Gasteiger partial charge is 0.319 e. The molecule has 2 aromatic heterocycles. The third-order valence-electron chi connectivity index (χ3n) is 4.55. The van der Waals surface area contributed by atoms with Gasteiger partial charge in [-0.3, -0.25) is 5.43 Å². The predicted octanol–water partition coefficient (Wildman–Crippen LogP) is 4.18. The van der Waals surface area contributed by atoms with Crippen LogP contribution in [0.2, 0.25) is 0 Å². The average Bonchev–Trinajstić information content (AvgIpc) is 3.15. The van der Waals surface area contributed by atoms with Gasteiger partial charge in [-0.25, -0.2) is 0 Å². The van der Waals surface area contributed by atoms with Crippen molar-refractivity contribution in [3.05, 3.63) is 42.2 Å². The number of ether oxygens (including phenoxy) is 1. The van der Waals surface area contributed by atoms with Gasteiger partial charge in [-0.05, 0) is 32.8 Å². The first-order valence-corrected chi connectivity index (χ1v) is 10.7. The maximum Gasteiger partial charge on any atom is 0.319 e. The van der Waals surface area contributed by atoms with Crippen molar-refractivity contribution in [3.8, 4) is 6.01 Å². The fraction of sp³-hybridized carbons (Fsp3) is 0.435. The van der Waals surface area contributed by atoms with Crippen molar-refractivity contribution in [1.82, 2.24) is 15.0 Å². The van der Waals surface area contributed by atoms with Crippen molar-refractivity contribution < 1.29 is 9.84 Å². The van der Waals surface area contributed by atoms with Gasteiger partial charge in [0.2, 0.25) is 0 Å². The largest absolute Gasteiger partial charge is 0.460 e. The number of H-pyrrole nitrogens is 1. The van der Waals surface area contributed by atoms with Crippen LogP contribution in [0.4, 0.5) is 11.5 Å². The highest BCUT2D eigenvalue weighted by Crippen LogP contribution is 2.22. The highest BCUT2D eigenvalue weighted by molar-refractivity contribution is 5.92. The first-order chi connectivity index (χ1) is 14.9. The highest BCUT2D eigenvalue weighted by atomic mass is 16.5. The van der Waals surface area contributed by atoms with Crippen LogP contribution in [0.15, 0.2) is 41.6 Å². The van der Waals surface area contributed by atoms with E-state index in [1.54, 1.807) is 20.1 Å². The van der Waals surface area contributed by atoms with Crippen molar-refractivity contribution in [1.29, 1.82) is 0 Å². The summed E-state index contributed by atoms with van der Waals surface area (Å²) in [5.74, 6) is 0.790. The number of rotatable bonds is 11. The van der Waals surface area contributed by atoms with Crippen LogP contribution >= 0.6 is 0 Å². The van der Waals surface area contributed by atoms with Crippen LogP contribution in [0.5, 0.6) is 6.01 Å². The Morgan fingerprint density at radius 3 is 2.65 bits per heavy atom. The van der Waals surface area contributed by atoms with Gasteiger partial charge < -0.3 is 19.7 Å². The molecule has 166 valence electrons. The van der Waals surface area contributed by atoms with E-state index >= 15 is 0 Å². The second-order valence-corrected chi connectivity index (χ2v) is 8.14. The number of fused-ring (bicyclic) bond motifs is 1. The van der Waals surface area contributed by atoms with Gasteiger partial charge in [-0.2, -0.15) is 15.1 Å². The van der Waals surface area contributed by atoms with Gasteiger partial charge in [0.05, 0.1) is 23.2 Å². The van der Waals surface area contributed by atoms with Crippen LogP contribution in [0, 0.1) is 0 Å². The molecule has 0 amide bonds. The lowest BCUT2D eigenvalue weighted by molar-refractivity contribution is 0.0250. The molecule has 31 heavy (non-hydrogen) atoms. The zero-order chi connectivity index (χ0) is 22.3. The minimum absolute atomic E-state index is 0.0994. The van der Waals surface area contributed by atoms with Crippen molar-refractivity contribution >= 4 is 28.6 Å². The molecule has 0 atom stereocenters. The zero-order valence-electron chi connectivity index (χ0n) is 18.7. The number of hydrogen-bond acceptors (Lipinski definition) is 7. The van der Waals surface area contributed by atoms with Crippen LogP contribution in [0.25, 0.3) is 10.9 Å². The molecule has 0 aliphatic carbocycles. The molecule has 3 rings (SSSR count). The maximum atomic E-state index is 10.00. The number of benzene rings is 1. The number of aromatic amines is 1. The van der Waals surface area contributed by atoms with Crippen molar-refractivity contribution in [2.45, 2.75) is 46.1 Å². The summed E-state index contributed by atoms with van der Waals surface area (Å²) in [6.07, 6.45) is 5.56. The van der Waals surface area contributed by atoms with Gasteiger partial charge in [0.1, 0.15) is 12.4 Å². The lowest BCUT2D eigenvalue weighted by atomic mass is 10.2. The Morgan fingerprint density at radius 2 is 1.94 bits per heavy atom. The molecule has 1 aromatic carbocycles. The first kappa shape index (κ1) is 22.6. The van der Waals surface area contributed by atoms with Gasteiger partial charge >= 0.3 is 6.01 Å². The van der Waals surface area contributed by atoms with E-state index in [0.717, 1.165) is 48.3 Å². The Kier molecular flexibility index (Phi) is 7.46. The minimum atomic E-state index is -0.975. The molecule has 2 heterocycles. The van der Waals surface area contributed by atoms with Gasteiger partial charge in [-0.15, -0.1) is 0 Å². The van der Waals surface area contributed by atoms with Crippen molar-refractivity contribution in [2.75, 3.05) is 30.0 Å². The van der Waals surface area contributed by atoms with Gasteiger partial charge in [0, 0.05) is 36.3 Å². The van der Waals surface area contributed by atoms with E-state index in [4.69, 9.17) is 4.74 Å². The molecule has 0 saturated carbocycles. The summed E-state index contributed by atoms with van der Waals surface area (Å²) in [7, 11) is 0. The first-order valence-electron chi connectivity index (χ1n) is 10.7. The lowest BCUT2D eigenvalue weighted by Crippen LogP contribution is -2.29. The molecular weight excluding hydrogens is 392 g/mol. The van der Waals surface area contributed by atoms with Gasteiger partial charge in [0.25, 0.3) is 0 Å². The number of hydrazone groups is 1. The van der Waals surface area contributed by atoms with E-state index in [9.17, 15) is 5.11 Å². The molecule has 0 bridgehead atoms. The number of nitrogens with zero attached hydrogens (tertiary/aromatic N) is 4. The molecule has 0 aliphatic heterocycles. The monoisotopic (exact) mass is 424 g/mol. The van der Waals surface area contributed by atoms with Crippen molar-refractivity contribution in [2.24, 2.45) is 5.10 Å². The van der Waals surface area contributed by atoms with E-state index in [1.807, 2.05) is 36.5 Å².